The molecule has 0 saturated heterocycles. The summed E-state index contributed by atoms with van der Waals surface area (Å²) < 4.78 is 27.0. The Hall–Kier alpha value is -3.17. The van der Waals surface area contributed by atoms with Gasteiger partial charge in [-0.2, -0.15) is 0 Å². The van der Waals surface area contributed by atoms with Crippen LogP contribution < -0.4 is 5.32 Å². The number of anilines is 1. The maximum absolute atomic E-state index is 13.1. The van der Waals surface area contributed by atoms with Crippen molar-refractivity contribution in [2.24, 2.45) is 0 Å². The van der Waals surface area contributed by atoms with E-state index in [-0.39, 0.29) is 21.4 Å². The topological polar surface area (TPSA) is 112 Å². The third-order valence-corrected chi connectivity index (χ3v) is 6.44. The van der Waals surface area contributed by atoms with Crippen LogP contribution in [0.25, 0.3) is 16.5 Å². The number of amides is 1. The maximum Gasteiger partial charge on any atom is 0.278 e. The van der Waals surface area contributed by atoms with Crippen molar-refractivity contribution >= 4 is 49.9 Å². The van der Waals surface area contributed by atoms with Gasteiger partial charge in [-0.3, -0.25) is 9.10 Å². The smallest absolute Gasteiger partial charge is 0.278 e. The van der Waals surface area contributed by atoms with E-state index in [1.54, 1.807) is 30.3 Å². The first-order valence-electron chi connectivity index (χ1n) is 8.05. The molecule has 0 saturated carbocycles. The molecule has 0 radical (unpaired) electrons. The van der Waals surface area contributed by atoms with E-state index < -0.39 is 27.4 Å². The van der Waals surface area contributed by atoms with Crippen LogP contribution in [0.4, 0.5) is 5.82 Å². The van der Waals surface area contributed by atoms with Crippen molar-refractivity contribution in [1.82, 2.24) is 14.5 Å². The molecule has 0 bridgehead atoms. The number of aliphatic hydroxyl groups excluding tert-OH is 1. The minimum Gasteiger partial charge on any atom is -0.505 e. The second-order valence-electron chi connectivity index (χ2n) is 6.03. The Morgan fingerprint density at radius 2 is 1.86 bits per heavy atom. The van der Waals surface area contributed by atoms with E-state index in [0.717, 1.165) is 4.31 Å². The number of aromatic nitrogens is 2. The molecular weight excluding hydrogens is 404 g/mol. The standard InChI is InChI=1S/C18H13ClN4O4S/c1-23-15(18(25)20-14-9-8-13(19)21-22-14)16(24)12-7-6-10-4-2-3-5-11(10)17(12)28(23,26)27/h2-9,24H,1H3,(H,20,22,25). The zero-order chi connectivity index (χ0) is 20.1. The van der Waals surface area contributed by atoms with Crippen LogP contribution in [0.2, 0.25) is 5.15 Å². The molecule has 1 aliphatic rings. The fourth-order valence-corrected chi connectivity index (χ4v) is 4.74. The maximum atomic E-state index is 13.1. The zero-order valence-electron chi connectivity index (χ0n) is 14.4. The molecule has 1 amide bonds. The number of carbonyl (C=O) groups excluding carboxylic acids is 1. The van der Waals surface area contributed by atoms with E-state index in [4.69, 9.17) is 11.6 Å². The lowest BCUT2D eigenvalue weighted by atomic mass is 10.0. The van der Waals surface area contributed by atoms with E-state index in [0.29, 0.717) is 10.8 Å². The lowest BCUT2D eigenvalue weighted by Crippen LogP contribution is -2.37. The number of benzene rings is 2. The molecule has 0 aliphatic carbocycles. The molecule has 142 valence electrons. The number of halogens is 1. The summed E-state index contributed by atoms with van der Waals surface area (Å²) in [6.07, 6.45) is 0. The van der Waals surface area contributed by atoms with Crippen molar-refractivity contribution in [1.29, 1.82) is 0 Å². The summed E-state index contributed by atoms with van der Waals surface area (Å²) >= 11 is 5.66. The molecule has 0 spiro atoms. The van der Waals surface area contributed by atoms with Crippen molar-refractivity contribution in [3.8, 4) is 0 Å². The minimum atomic E-state index is -4.08. The first kappa shape index (κ1) is 18.2. The van der Waals surface area contributed by atoms with Crippen LogP contribution in [-0.4, -0.2) is 41.0 Å². The fourth-order valence-electron chi connectivity index (χ4n) is 3.05. The van der Waals surface area contributed by atoms with Gasteiger partial charge in [0, 0.05) is 18.0 Å². The van der Waals surface area contributed by atoms with Crippen molar-refractivity contribution in [2.75, 3.05) is 12.4 Å². The van der Waals surface area contributed by atoms with E-state index >= 15 is 0 Å². The summed E-state index contributed by atoms with van der Waals surface area (Å²) in [5.41, 5.74) is -0.358. The molecule has 1 aromatic heterocycles. The van der Waals surface area contributed by atoms with Gasteiger partial charge in [0.15, 0.2) is 22.4 Å². The van der Waals surface area contributed by atoms with Crippen LogP contribution in [0.3, 0.4) is 0 Å². The number of aliphatic hydroxyl groups is 1. The van der Waals surface area contributed by atoms with Gasteiger partial charge in [-0.25, -0.2) is 8.42 Å². The summed E-state index contributed by atoms with van der Waals surface area (Å²) in [7, 11) is -2.87. The highest BCUT2D eigenvalue weighted by Crippen LogP contribution is 2.39. The summed E-state index contributed by atoms with van der Waals surface area (Å²) in [6.45, 7) is 0. The summed E-state index contributed by atoms with van der Waals surface area (Å²) in [5.74, 6) is -1.23. The van der Waals surface area contributed by atoms with Crippen LogP contribution in [0.5, 0.6) is 0 Å². The minimum absolute atomic E-state index is 0.0477. The largest absolute Gasteiger partial charge is 0.505 e. The van der Waals surface area contributed by atoms with Gasteiger partial charge in [0.25, 0.3) is 15.9 Å². The van der Waals surface area contributed by atoms with E-state index in [1.807, 2.05) is 0 Å². The Morgan fingerprint density at radius 1 is 1.11 bits per heavy atom. The van der Waals surface area contributed by atoms with Crippen LogP contribution in [0.15, 0.2) is 59.1 Å². The first-order valence-corrected chi connectivity index (χ1v) is 9.87. The number of fused-ring (bicyclic) bond motifs is 3. The monoisotopic (exact) mass is 416 g/mol. The van der Waals surface area contributed by atoms with Gasteiger partial charge in [0.05, 0.1) is 0 Å². The van der Waals surface area contributed by atoms with Gasteiger partial charge < -0.3 is 10.4 Å². The van der Waals surface area contributed by atoms with Gasteiger partial charge in [0.2, 0.25) is 0 Å². The highest BCUT2D eigenvalue weighted by molar-refractivity contribution is 7.89. The number of hydrogen-bond donors (Lipinski definition) is 2. The van der Waals surface area contributed by atoms with Gasteiger partial charge in [-0.15, -0.1) is 10.2 Å². The molecule has 2 heterocycles. The van der Waals surface area contributed by atoms with Gasteiger partial charge in [0.1, 0.15) is 4.90 Å². The second kappa shape index (κ2) is 6.47. The number of likely N-dealkylation sites (N-methyl/N-ethyl adjacent to an activating group) is 1. The molecule has 4 rings (SSSR count). The second-order valence-corrected chi connectivity index (χ2v) is 8.32. The highest BCUT2D eigenvalue weighted by atomic mass is 35.5. The van der Waals surface area contributed by atoms with Crippen LogP contribution in [0.1, 0.15) is 5.56 Å². The normalized spacial score (nSPS) is 15.4. The quantitative estimate of drug-likeness (QED) is 0.664. The van der Waals surface area contributed by atoms with E-state index in [9.17, 15) is 18.3 Å². The van der Waals surface area contributed by atoms with Gasteiger partial charge in [-0.05, 0) is 23.6 Å². The summed E-state index contributed by atoms with van der Waals surface area (Å²) in [4.78, 5) is 12.7. The van der Waals surface area contributed by atoms with Crippen LogP contribution in [0, 0.1) is 0 Å². The lowest BCUT2D eigenvalue weighted by molar-refractivity contribution is -0.113. The average molecular weight is 417 g/mol. The van der Waals surface area contributed by atoms with Crippen molar-refractivity contribution in [2.45, 2.75) is 4.90 Å². The molecule has 2 N–H and O–H groups in total. The SMILES string of the molecule is CN1C(C(=O)Nc2ccc(Cl)nn2)=C(O)c2ccc3ccccc3c2S1(=O)=O. The lowest BCUT2D eigenvalue weighted by Gasteiger charge is -2.29. The Labute approximate surface area is 165 Å². The third kappa shape index (κ3) is 2.76. The van der Waals surface area contributed by atoms with Crippen molar-refractivity contribution in [3.63, 3.8) is 0 Å². The molecule has 1 aliphatic heterocycles. The number of nitrogens with one attached hydrogen (secondary N) is 1. The molecule has 0 unspecified atom stereocenters. The van der Waals surface area contributed by atoms with Crippen LogP contribution >= 0.6 is 11.6 Å². The Morgan fingerprint density at radius 3 is 2.57 bits per heavy atom. The Bertz CT molecular complexity index is 1260. The number of sulfonamides is 1. The molecule has 8 nitrogen and oxygen atoms in total. The summed E-state index contributed by atoms with van der Waals surface area (Å²) in [5, 5.41) is 21.7. The van der Waals surface area contributed by atoms with E-state index in [1.165, 1.54) is 25.2 Å². The number of rotatable bonds is 2. The van der Waals surface area contributed by atoms with Crippen molar-refractivity contribution < 1.29 is 18.3 Å². The Balaban J connectivity index is 1.88. The zero-order valence-corrected chi connectivity index (χ0v) is 16.0. The molecule has 3 aromatic rings. The van der Waals surface area contributed by atoms with Crippen LogP contribution in [-0.2, 0) is 14.8 Å². The molecule has 28 heavy (non-hydrogen) atoms. The molecule has 10 heteroatoms. The molecule has 2 aromatic carbocycles. The molecule has 0 atom stereocenters. The predicted molar refractivity (Wildman–Crippen MR) is 104 cm³/mol. The highest BCUT2D eigenvalue weighted by Gasteiger charge is 2.39. The first-order chi connectivity index (χ1) is 13.3. The average Bonchev–Trinajstić information content (AvgIpc) is 2.67. The fraction of sp³-hybridized carbons (Fsp3) is 0.0556. The number of hydrogen-bond acceptors (Lipinski definition) is 6. The summed E-state index contributed by atoms with van der Waals surface area (Å²) in [6, 6.07) is 12.9. The van der Waals surface area contributed by atoms with Gasteiger partial charge in [-0.1, -0.05) is 41.9 Å². The number of nitrogens with zero attached hydrogens (tertiary/aromatic N) is 3. The molecule has 0 fully saturated rings. The number of carbonyl (C=O) groups is 1. The van der Waals surface area contributed by atoms with Gasteiger partial charge >= 0.3 is 0 Å². The molecular formula is C18H13ClN4O4S. The van der Waals surface area contributed by atoms with E-state index in [2.05, 4.69) is 15.5 Å². The third-order valence-electron chi connectivity index (χ3n) is 4.38. The predicted octanol–water partition coefficient (Wildman–Crippen LogP) is 2.78. The Kier molecular flexibility index (Phi) is 4.20. The van der Waals surface area contributed by atoms with Crippen molar-refractivity contribution in [3.05, 3.63) is 64.9 Å².